The molecule has 1 aliphatic heterocycles. The van der Waals surface area contributed by atoms with Gasteiger partial charge in [-0.05, 0) is 44.3 Å². The van der Waals surface area contributed by atoms with E-state index in [0.717, 1.165) is 9.87 Å². The minimum Gasteiger partial charge on any atom is -0.472 e. The minimum atomic E-state index is -3.98. The van der Waals surface area contributed by atoms with Crippen molar-refractivity contribution in [3.8, 4) is 0 Å². The number of carbonyl (C=O) groups is 1. The van der Waals surface area contributed by atoms with Gasteiger partial charge in [-0.25, -0.2) is 17.5 Å². The summed E-state index contributed by atoms with van der Waals surface area (Å²) >= 11 is 5.24. The van der Waals surface area contributed by atoms with E-state index >= 15 is 0 Å². The number of aryl methyl sites for hydroxylation is 1. The molecule has 0 radical (unpaired) electrons. The minimum absolute atomic E-state index is 0.0603. The highest BCUT2D eigenvalue weighted by atomic mass is 32.2. The molecule has 2 aromatic rings. The van der Waals surface area contributed by atoms with Gasteiger partial charge in [-0.2, -0.15) is 0 Å². The van der Waals surface area contributed by atoms with Gasteiger partial charge in [-0.1, -0.05) is 17.7 Å². The Hall–Kier alpha value is -2.39. The first-order valence-corrected chi connectivity index (χ1v) is 9.81. The van der Waals surface area contributed by atoms with Gasteiger partial charge in [-0.15, -0.1) is 0 Å². The van der Waals surface area contributed by atoms with Crippen LogP contribution in [-0.4, -0.2) is 36.5 Å². The van der Waals surface area contributed by atoms with Crippen molar-refractivity contribution in [1.29, 1.82) is 0 Å². The third kappa shape index (κ3) is 3.19. The molecule has 2 atom stereocenters. The number of nitrogens with one attached hydrogen (secondary N) is 1. The van der Waals surface area contributed by atoms with E-state index in [9.17, 15) is 13.2 Å². The maximum atomic E-state index is 13.2. The first-order chi connectivity index (χ1) is 12.4. The molecule has 1 N–H and O–H groups in total. The van der Waals surface area contributed by atoms with E-state index in [1.54, 1.807) is 25.1 Å². The molecule has 0 spiro atoms. The van der Waals surface area contributed by atoms with Crippen molar-refractivity contribution in [3.63, 3.8) is 0 Å². The molecule has 26 heavy (non-hydrogen) atoms. The number of hydrogen-bond donors (Lipinski definition) is 1. The van der Waals surface area contributed by atoms with Gasteiger partial charge in [-0.3, -0.25) is 0 Å². The standard InChI is InChI=1S/C17H18N2O5S2/c1-3-24-16(20)14-15(12-8-9-23-10-12)19(17(25)18-14)26(21,22)13-6-4-11(2)5-7-13/h4-10,14-15H,3H2,1-2H3,(H,18,25)/t14-,15+/m0/s1. The van der Waals surface area contributed by atoms with Gasteiger partial charge in [0.15, 0.2) is 11.2 Å². The molecule has 0 bridgehead atoms. The van der Waals surface area contributed by atoms with Crippen LogP contribution in [0.1, 0.15) is 24.1 Å². The average Bonchev–Trinajstić information content (AvgIpc) is 3.22. The van der Waals surface area contributed by atoms with Crippen molar-refractivity contribution in [2.75, 3.05) is 6.61 Å². The second-order valence-corrected chi connectivity index (χ2v) is 8.00. The van der Waals surface area contributed by atoms with E-state index in [-0.39, 0.29) is 16.6 Å². The second kappa shape index (κ2) is 7.08. The second-order valence-electron chi connectivity index (χ2n) is 5.79. The number of carbonyl (C=O) groups excluding carboxylic acids is 1. The third-order valence-electron chi connectivity index (χ3n) is 4.05. The Labute approximate surface area is 157 Å². The van der Waals surface area contributed by atoms with Gasteiger partial charge in [0, 0.05) is 5.56 Å². The lowest BCUT2D eigenvalue weighted by atomic mass is 10.0. The first-order valence-electron chi connectivity index (χ1n) is 7.96. The normalized spacial score (nSPS) is 20.1. The van der Waals surface area contributed by atoms with Crippen molar-refractivity contribution in [1.82, 2.24) is 9.62 Å². The highest BCUT2D eigenvalue weighted by Gasteiger charge is 2.49. The van der Waals surface area contributed by atoms with Crippen LogP contribution in [0, 0.1) is 6.92 Å². The molecule has 0 unspecified atom stereocenters. The van der Waals surface area contributed by atoms with Crippen LogP contribution in [0.4, 0.5) is 0 Å². The number of thiocarbonyl (C=S) groups is 1. The predicted octanol–water partition coefficient (Wildman–Crippen LogP) is 2.14. The van der Waals surface area contributed by atoms with Crippen LogP contribution in [-0.2, 0) is 19.6 Å². The van der Waals surface area contributed by atoms with Crippen LogP contribution < -0.4 is 5.32 Å². The summed E-state index contributed by atoms with van der Waals surface area (Å²) in [6.45, 7) is 3.72. The molecule has 1 aromatic heterocycles. The molecule has 138 valence electrons. The summed E-state index contributed by atoms with van der Waals surface area (Å²) < 4.78 is 37.6. The summed E-state index contributed by atoms with van der Waals surface area (Å²) in [5, 5.41) is 2.72. The van der Waals surface area contributed by atoms with Crippen LogP contribution in [0.15, 0.2) is 52.2 Å². The average molecular weight is 394 g/mol. The van der Waals surface area contributed by atoms with E-state index in [1.807, 2.05) is 6.92 Å². The molecule has 2 heterocycles. The third-order valence-corrected chi connectivity index (χ3v) is 6.28. The van der Waals surface area contributed by atoms with E-state index in [2.05, 4.69) is 5.32 Å². The Kier molecular flexibility index (Phi) is 5.01. The van der Waals surface area contributed by atoms with Crippen LogP contribution >= 0.6 is 12.2 Å². The lowest BCUT2D eigenvalue weighted by Crippen LogP contribution is -2.38. The Balaban J connectivity index is 2.07. The Morgan fingerprint density at radius 3 is 2.58 bits per heavy atom. The van der Waals surface area contributed by atoms with E-state index < -0.39 is 28.1 Å². The number of sulfonamides is 1. The van der Waals surface area contributed by atoms with E-state index in [4.69, 9.17) is 21.4 Å². The molecular formula is C17H18N2O5S2. The summed E-state index contributed by atoms with van der Waals surface area (Å²) in [4.78, 5) is 12.4. The number of furan rings is 1. The molecule has 7 nitrogen and oxygen atoms in total. The largest absolute Gasteiger partial charge is 0.472 e. The number of nitrogens with zero attached hydrogens (tertiary/aromatic N) is 1. The summed E-state index contributed by atoms with van der Waals surface area (Å²) in [6, 6.07) is 6.18. The summed E-state index contributed by atoms with van der Waals surface area (Å²) in [7, 11) is -3.98. The highest BCUT2D eigenvalue weighted by Crippen LogP contribution is 2.35. The number of benzene rings is 1. The lowest BCUT2D eigenvalue weighted by Gasteiger charge is -2.25. The maximum Gasteiger partial charge on any atom is 0.331 e. The Morgan fingerprint density at radius 1 is 1.31 bits per heavy atom. The fourth-order valence-corrected chi connectivity index (χ4v) is 4.87. The first kappa shape index (κ1) is 18.4. The number of hydrogen-bond acceptors (Lipinski definition) is 6. The van der Waals surface area contributed by atoms with Crippen molar-refractivity contribution in [2.45, 2.75) is 30.8 Å². The van der Waals surface area contributed by atoms with Crippen molar-refractivity contribution in [3.05, 3.63) is 54.0 Å². The summed E-state index contributed by atoms with van der Waals surface area (Å²) in [6.07, 6.45) is 2.81. The van der Waals surface area contributed by atoms with Crippen LogP contribution in [0.2, 0.25) is 0 Å². The zero-order valence-electron chi connectivity index (χ0n) is 14.2. The lowest BCUT2D eigenvalue weighted by molar-refractivity contribution is -0.145. The smallest absolute Gasteiger partial charge is 0.331 e. The molecule has 1 aliphatic rings. The van der Waals surface area contributed by atoms with Gasteiger partial charge < -0.3 is 14.5 Å². The van der Waals surface area contributed by atoms with Gasteiger partial charge in [0.2, 0.25) is 0 Å². The van der Waals surface area contributed by atoms with E-state index in [1.165, 1.54) is 24.7 Å². The fraction of sp³-hybridized carbons (Fsp3) is 0.294. The van der Waals surface area contributed by atoms with Crippen LogP contribution in [0.25, 0.3) is 0 Å². The molecule has 0 aliphatic carbocycles. The van der Waals surface area contributed by atoms with Crippen molar-refractivity contribution < 1.29 is 22.4 Å². The predicted molar refractivity (Wildman–Crippen MR) is 97.8 cm³/mol. The number of ether oxygens (including phenoxy) is 1. The van der Waals surface area contributed by atoms with Gasteiger partial charge in [0.25, 0.3) is 10.0 Å². The highest BCUT2D eigenvalue weighted by molar-refractivity contribution is 7.91. The van der Waals surface area contributed by atoms with Crippen LogP contribution in [0.5, 0.6) is 0 Å². The van der Waals surface area contributed by atoms with Gasteiger partial charge in [0.05, 0.1) is 24.0 Å². The molecule has 0 amide bonds. The number of esters is 1. The molecule has 0 saturated carbocycles. The maximum absolute atomic E-state index is 13.2. The molecule has 3 rings (SSSR count). The SMILES string of the molecule is CCOC(=O)[C@H]1NC(=S)N(S(=O)(=O)c2ccc(C)cc2)[C@@H]1c1ccoc1. The molecule has 1 fully saturated rings. The van der Waals surface area contributed by atoms with E-state index in [0.29, 0.717) is 5.56 Å². The zero-order chi connectivity index (χ0) is 18.9. The van der Waals surface area contributed by atoms with Crippen molar-refractivity contribution in [2.24, 2.45) is 0 Å². The fourth-order valence-electron chi connectivity index (χ4n) is 2.81. The van der Waals surface area contributed by atoms with Gasteiger partial charge in [0.1, 0.15) is 6.04 Å². The molecular weight excluding hydrogens is 376 g/mol. The van der Waals surface area contributed by atoms with Crippen LogP contribution in [0.3, 0.4) is 0 Å². The zero-order valence-corrected chi connectivity index (χ0v) is 15.8. The topological polar surface area (TPSA) is 88.9 Å². The molecule has 1 saturated heterocycles. The monoisotopic (exact) mass is 394 g/mol. The summed E-state index contributed by atoms with van der Waals surface area (Å²) in [5.74, 6) is -0.581. The molecule has 1 aromatic carbocycles. The van der Waals surface area contributed by atoms with Crippen molar-refractivity contribution >= 4 is 33.3 Å². The van der Waals surface area contributed by atoms with Gasteiger partial charge >= 0.3 is 5.97 Å². The summed E-state index contributed by atoms with van der Waals surface area (Å²) in [5.41, 5.74) is 1.44. The Morgan fingerprint density at radius 2 is 2.00 bits per heavy atom. The molecule has 9 heteroatoms. The quantitative estimate of drug-likeness (QED) is 0.614. The Bertz CT molecular complexity index is 907. The number of rotatable bonds is 5.